The lowest BCUT2D eigenvalue weighted by Crippen LogP contribution is -2.45. The summed E-state index contributed by atoms with van der Waals surface area (Å²) in [6.07, 6.45) is 2.29. The van der Waals surface area contributed by atoms with Gasteiger partial charge in [0.05, 0.1) is 12.0 Å². The molecule has 0 saturated carbocycles. The second-order valence-corrected chi connectivity index (χ2v) is 10.3. The molecule has 0 radical (unpaired) electrons. The van der Waals surface area contributed by atoms with Gasteiger partial charge in [0, 0.05) is 42.4 Å². The second kappa shape index (κ2) is 12.6. The highest BCUT2D eigenvalue weighted by Crippen LogP contribution is 2.32. The van der Waals surface area contributed by atoms with Gasteiger partial charge in [0.2, 0.25) is 0 Å². The molecule has 8 heteroatoms. The number of sulfone groups is 1. The predicted molar refractivity (Wildman–Crippen MR) is 143 cm³/mol. The van der Waals surface area contributed by atoms with Gasteiger partial charge in [-0.3, -0.25) is 0 Å². The van der Waals surface area contributed by atoms with Crippen LogP contribution < -0.4 is 15.4 Å². The standard InChI is InChI=1S/C26H30N2O3S.2ClH/c1-31-25-13-12-20(22-10-6-7-11-26(22)32(2,29)30)16-21(25)17-28-24-14-15-27-18-23(24)19-8-4-3-5-9-19;;/h3-13,16,23-24,27-28H,14-15,17-18H2,1-2H3;2*1H/t23-,24-;;/m0../s1. The molecule has 0 spiro atoms. The summed E-state index contributed by atoms with van der Waals surface area (Å²) in [5.74, 6) is 1.19. The van der Waals surface area contributed by atoms with Crippen molar-refractivity contribution in [2.45, 2.75) is 29.8 Å². The monoisotopic (exact) mass is 522 g/mol. The summed E-state index contributed by atoms with van der Waals surface area (Å²) >= 11 is 0. The quantitative estimate of drug-likeness (QED) is 0.464. The minimum Gasteiger partial charge on any atom is -0.496 e. The van der Waals surface area contributed by atoms with Crippen molar-refractivity contribution < 1.29 is 13.2 Å². The molecule has 0 amide bonds. The number of rotatable bonds is 7. The molecule has 0 aromatic heterocycles. The number of halogens is 2. The Labute approximate surface area is 215 Å². The molecule has 4 rings (SSSR count). The average molecular weight is 524 g/mol. The number of hydrogen-bond donors (Lipinski definition) is 2. The highest BCUT2D eigenvalue weighted by Gasteiger charge is 2.26. The summed E-state index contributed by atoms with van der Waals surface area (Å²) in [4.78, 5) is 0.339. The third-order valence-electron chi connectivity index (χ3n) is 6.14. The van der Waals surface area contributed by atoms with Gasteiger partial charge in [0.25, 0.3) is 0 Å². The van der Waals surface area contributed by atoms with Gasteiger partial charge < -0.3 is 15.4 Å². The van der Waals surface area contributed by atoms with Crippen molar-refractivity contribution in [2.24, 2.45) is 0 Å². The number of benzene rings is 3. The van der Waals surface area contributed by atoms with Crippen molar-refractivity contribution in [3.8, 4) is 16.9 Å². The van der Waals surface area contributed by atoms with Crippen LogP contribution in [0.2, 0.25) is 0 Å². The third kappa shape index (κ3) is 6.52. The first-order chi connectivity index (χ1) is 15.5. The van der Waals surface area contributed by atoms with E-state index in [1.54, 1.807) is 19.2 Å². The van der Waals surface area contributed by atoms with E-state index in [4.69, 9.17) is 4.74 Å². The molecule has 0 aliphatic carbocycles. The Morgan fingerprint density at radius 2 is 1.71 bits per heavy atom. The van der Waals surface area contributed by atoms with Gasteiger partial charge in [-0.25, -0.2) is 8.42 Å². The fourth-order valence-electron chi connectivity index (χ4n) is 4.51. The molecule has 184 valence electrons. The van der Waals surface area contributed by atoms with Gasteiger partial charge >= 0.3 is 0 Å². The van der Waals surface area contributed by atoms with Crippen LogP contribution in [0, 0.1) is 0 Å². The van der Waals surface area contributed by atoms with E-state index in [9.17, 15) is 8.42 Å². The van der Waals surface area contributed by atoms with Crippen molar-refractivity contribution in [2.75, 3.05) is 26.5 Å². The smallest absolute Gasteiger partial charge is 0.176 e. The molecular formula is C26H32Cl2N2O3S. The van der Waals surface area contributed by atoms with Crippen molar-refractivity contribution in [3.05, 3.63) is 83.9 Å². The van der Waals surface area contributed by atoms with Gasteiger partial charge in [0.1, 0.15) is 5.75 Å². The molecule has 0 unspecified atom stereocenters. The van der Waals surface area contributed by atoms with E-state index in [-0.39, 0.29) is 24.8 Å². The van der Waals surface area contributed by atoms with Gasteiger partial charge in [-0.2, -0.15) is 0 Å². The van der Waals surface area contributed by atoms with E-state index in [2.05, 4.69) is 34.9 Å². The molecule has 1 heterocycles. The summed E-state index contributed by atoms with van der Waals surface area (Å²) in [6.45, 7) is 2.58. The summed E-state index contributed by atoms with van der Waals surface area (Å²) in [5.41, 5.74) is 3.93. The Morgan fingerprint density at radius 1 is 1.00 bits per heavy atom. The summed E-state index contributed by atoms with van der Waals surface area (Å²) < 4.78 is 30.2. The summed E-state index contributed by atoms with van der Waals surface area (Å²) in [5, 5.41) is 7.26. The van der Waals surface area contributed by atoms with E-state index in [1.165, 1.54) is 11.8 Å². The van der Waals surface area contributed by atoms with Crippen LogP contribution in [0.5, 0.6) is 5.75 Å². The molecule has 1 saturated heterocycles. The van der Waals surface area contributed by atoms with E-state index < -0.39 is 9.84 Å². The predicted octanol–water partition coefficient (Wildman–Crippen LogP) is 4.84. The zero-order chi connectivity index (χ0) is 22.6. The first-order valence-corrected chi connectivity index (χ1v) is 12.8. The van der Waals surface area contributed by atoms with Crippen LogP contribution in [0.3, 0.4) is 0 Å². The van der Waals surface area contributed by atoms with Crippen LogP contribution >= 0.6 is 24.8 Å². The van der Waals surface area contributed by atoms with Crippen LogP contribution in [-0.2, 0) is 16.4 Å². The number of piperidine rings is 1. The van der Waals surface area contributed by atoms with Crippen LogP contribution in [0.4, 0.5) is 0 Å². The SMILES string of the molecule is COc1ccc(-c2ccccc2S(C)(=O)=O)cc1CN[C@H]1CCNC[C@H]1c1ccccc1.Cl.Cl. The molecule has 3 aromatic carbocycles. The molecule has 2 atom stereocenters. The van der Waals surface area contributed by atoms with Gasteiger partial charge in [0.15, 0.2) is 9.84 Å². The Hall–Kier alpha value is -2.09. The third-order valence-corrected chi connectivity index (χ3v) is 7.30. The van der Waals surface area contributed by atoms with Gasteiger partial charge in [-0.15, -0.1) is 24.8 Å². The molecule has 34 heavy (non-hydrogen) atoms. The second-order valence-electron chi connectivity index (χ2n) is 8.29. The normalized spacial score (nSPS) is 17.8. The zero-order valence-corrected chi connectivity index (χ0v) is 21.8. The van der Waals surface area contributed by atoms with Crippen LogP contribution in [0.25, 0.3) is 11.1 Å². The summed E-state index contributed by atoms with van der Waals surface area (Å²) in [6, 6.07) is 24.0. The zero-order valence-electron chi connectivity index (χ0n) is 19.4. The minimum atomic E-state index is -3.33. The first kappa shape index (κ1) is 28.1. The van der Waals surface area contributed by atoms with Gasteiger partial charge in [-0.1, -0.05) is 54.6 Å². The molecule has 5 nitrogen and oxygen atoms in total. The molecule has 1 fully saturated rings. The lowest BCUT2D eigenvalue weighted by molar-refractivity contribution is 0.337. The average Bonchev–Trinajstić information content (AvgIpc) is 2.83. The maximum Gasteiger partial charge on any atom is 0.176 e. The van der Waals surface area contributed by atoms with E-state index in [1.807, 2.05) is 36.4 Å². The molecule has 1 aliphatic heterocycles. The topological polar surface area (TPSA) is 67.4 Å². The molecule has 1 aliphatic rings. The Kier molecular flexibility index (Phi) is 10.4. The van der Waals surface area contributed by atoms with E-state index >= 15 is 0 Å². The van der Waals surface area contributed by atoms with E-state index in [0.29, 0.717) is 29.0 Å². The van der Waals surface area contributed by atoms with Crippen molar-refractivity contribution in [1.29, 1.82) is 0 Å². The van der Waals surface area contributed by atoms with Crippen LogP contribution in [-0.4, -0.2) is 40.9 Å². The largest absolute Gasteiger partial charge is 0.496 e. The fourth-order valence-corrected chi connectivity index (χ4v) is 5.42. The van der Waals surface area contributed by atoms with E-state index in [0.717, 1.165) is 36.4 Å². The highest BCUT2D eigenvalue weighted by molar-refractivity contribution is 7.90. The molecule has 3 aromatic rings. The Balaban J connectivity index is 0.00000204. The fraction of sp³-hybridized carbons (Fsp3) is 0.308. The number of methoxy groups -OCH3 is 1. The van der Waals surface area contributed by atoms with Gasteiger partial charge in [-0.05, 0) is 42.3 Å². The molecule has 0 bridgehead atoms. The summed E-state index contributed by atoms with van der Waals surface area (Å²) in [7, 11) is -1.66. The number of ether oxygens (including phenoxy) is 1. The number of hydrogen-bond acceptors (Lipinski definition) is 5. The molecule has 2 N–H and O–H groups in total. The first-order valence-electron chi connectivity index (χ1n) is 10.9. The highest BCUT2D eigenvalue weighted by atomic mass is 35.5. The lowest BCUT2D eigenvalue weighted by atomic mass is 9.86. The van der Waals surface area contributed by atoms with Crippen molar-refractivity contribution >= 4 is 34.7 Å². The van der Waals surface area contributed by atoms with Crippen LogP contribution in [0.1, 0.15) is 23.5 Å². The minimum absolute atomic E-state index is 0. The maximum atomic E-state index is 12.3. The molecular weight excluding hydrogens is 491 g/mol. The van der Waals surface area contributed by atoms with Crippen molar-refractivity contribution in [1.82, 2.24) is 10.6 Å². The number of nitrogens with one attached hydrogen (secondary N) is 2. The lowest BCUT2D eigenvalue weighted by Gasteiger charge is -2.33. The maximum absolute atomic E-state index is 12.3. The Bertz CT molecular complexity index is 1170. The van der Waals surface area contributed by atoms with Crippen molar-refractivity contribution in [3.63, 3.8) is 0 Å². The Morgan fingerprint density at radius 3 is 2.41 bits per heavy atom. The van der Waals surface area contributed by atoms with Crippen LogP contribution in [0.15, 0.2) is 77.7 Å².